The van der Waals surface area contributed by atoms with Gasteiger partial charge in [0.05, 0.1) is 6.07 Å². The summed E-state index contributed by atoms with van der Waals surface area (Å²) in [5, 5.41) is 8.76. The summed E-state index contributed by atoms with van der Waals surface area (Å²) in [6, 6.07) is 2.13. The van der Waals surface area contributed by atoms with Gasteiger partial charge in [0, 0.05) is 13.1 Å². The van der Waals surface area contributed by atoms with Crippen LogP contribution in [0.5, 0.6) is 0 Å². The molecule has 190 valence electrons. The zero-order valence-electron chi connectivity index (χ0n) is 21.8. The second-order valence-electron chi connectivity index (χ2n) is 9.51. The van der Waals surface area contributed by atoms with Gasteiger partial charge in [0.15, 0.2) is 5.25 Å². The fraction of sp³-hybridized carbons (Fsp3) is 0.963. The summed E-state index contributed by atoms with van der Waals surface area (Å²) in [4.78, 5) is 0. The van der Waals surface area contributed by atoms with Crippen molar-refractivity contribution in [3.05, 3.63) is 0 Å². The highest BCUT2D eigenvalue weighted by molar-refractivity contribution is 7.90. The van der Waals surface area contributed by atoms with Crippen LogP contribution in [0.3, 0.4) is 0 Å². The van der Waals surface area contributed by atoms with E-state index < -0.39 is 15.3 Å². The van der Waals surface area contributed by atoms with Crippen molar-refractivity contribution in [2.75, 3.05) is 13.1 Å². The predicted octanol–water partition coefficient (Wildman–Crippen LogP) is 8.37. The van der Waals surface area contributed by atoms with Gasteiger partial charge in [0.2, 0.25) is 10.0 Å². The molecule has 0 amide bonds. The molecule has 0 bridgehead atoms. The number of nitriles is 1. The Balaban J connectivity index is 4.67. The third-order valence-corrected chi connectivity index (χ3v) is 8.60. The van der Waals surface area contributed by atoms with Crippen LogP contribution in [0.2, 0.25) is 0 Å². The van der Waals surface area contributed by atoms with Gasteiger partial charge in [0.25, 0.3) is 0 Å². The fourth-order valence-corrected chi connectivity index (χ4v) is 5.97. The van der Waals surface area contributed by atoms with Crippen LogP contribution in [0, 0.1) is 11.3 Å². The molecule has 0 saturated heterocycles. The van der Waals surface area contributed by atoms with Crippen LogP contribution in [0.15, 0.2) is 0 Å². The van der Waals surface area contributed by atoms with Gasteiger partial charge in [-0.1, -0.05) is 130 Å². The first-order valence-electron chi connectivity index (χ1n) is 13.9. The summed E-state index contributed by atoms with van der Waals surface area (Å²) in [7, 11) is -3.54. The van der Waals surface area contributed by atoms with E-state index in [1.54, 1.807) is 4.31 Å². The van der Waals surface area contributed by atoms with Crippen molar-refractivity contribution in [3.63, 3.8) is 0 Å². The Morgan fingerprint density at radius 3 is 1.31 bits per heavy atom. The first-order chi connectivity index (χ1) is 15.5. The van der Waals surface area contributed by atoms with Gasteiger partial charge in [-0.05, 0) is 19.3 Å². The molecule has 0 rings (SSSR count). The number of unbranched alkanes of at least 4 members (excludes halogenated alkanes) is 16. The van der Waals surface area contributed by atoms with Gasteiger partial charge in [0.1, 0.15) is 0 Å². The van der Waals surface area contributed by atoms with Gasteiger partial charge < -0.3 is 0 Å². The minimum atomic E-state index is -3.54. The number of hydrogen-bond acceptors (Lipinski definition) is 3. The Hall–Kier alpha value is -0.600. The predicted molar refractivity (Wildman–Crippen MR) is 139 cm³/mol. The molecule has 0 spiro atoms. The molecule has 0 aromatic heterocycles. The quantitative estimate of drug-likeness (QED) is 0.133. The smallest absolute Gasteiger partial charge is 0.211 e. The fourth-order valence-electron chi connectivity index (χ4n) is 4.25. The normalized spacial score (nSPS) is 12.8. The number of rotatable bonds is 24. The Bertz CT molecular complexity index is 524. The van der Waals surface area contributed by atoms with Crippen LogP contribution < -0.4 is 0 Å². The molecule has 5 heteroatoms. The molecule has 0 radical (unpaired) electrons. The molecule has 0 fully saturated rings. The van der Waals surface area contributed by atoms with Crippen LogP contribution in [0.1, 0.15) is 149 Å². The third kappa shape index (κ3) is 16.1. The van der Waals surface area contributed by atoms with Crippen molar-refractivity contribution in [1.82, 2.24) is 4.31 Å². The zero-order valence-corrected chi connectivity index (χ0v) is 22.6. The molecular weight excluding hydrogens is 416 g/mol. The maximum atomic E-state index is 13.3. The lowest BCUT2D eigenvalue weighted by Crippen LogP contribution is -2.39. The molecule has 0 saturated carbocycles. The molecule has 0 aliphatic carbocycles. The Morgan fingerprint density at radius 1 is 0.594 bits per heavy atom. The van der Waals surface area contributed by atoms with E-state index in [1.165, 1.54) is 77.0 Å². The highest BCUT2D eigenvalue weighted by Crippen LogP contribution is 2.19. The van der Waals surface area contributed by atoms with Crippen molar-refractivity contribution in [3.8, 4) is 6.07 Å². The van der Waals surface area contributed by atoms with Gasteiger partial charge in [-0.25, -0.2) is 12.7 Å². The van der Waals surface area contributed by atoms with Crippen molar-refractivity contribution < 1.29 is 8.42 Å². The minimum absolute atomic E-state index is 0.479. The van der Waals surface area contributed by atoms with E-state index in [9.17, 15) is 13.7 Å². The van der Waals surface area contributed by atoms with E-state index in [0.717, 1.165) is 44.9 Å². The highest BCUT2D eigenvalue weighted by atomic mass is 32.2. The van der Waals surface area contributed by atoms with Crippen LogP contribution in [-0.4, -0.2) is 31.1 Å². The first-order valence-corrected chi connectivity index (χ1v) is 15.4. The van der Waals surface area contributed by atoms with E-state index in [1.807, 2.05) is 0 Å². The molecule has 1 unspecified atom stereocenters. The third-order valence-electron chi connectivity index (χ3n) is 6.46. The molecular formula is C27H54N2O2S. The van der Waals surface area contributed by atoms with E-state index in [0.29, 0.717) is 19.5 Å². The summed E-state index contributed by atoms with van der Waals surface area (Å²) in [5.74, 6) is 0. The van der Waals surface area contributed by atoms with E-state index in [-0.39, 0.29) is 0 Å². The van der Waals surface area contributed by atoms with Crippen LogP contribution >= 0.6 is 0 Å². The minimum Gasteiger partial charge on any atom is -0.211 e. The average molecular weight is 471 g/mol. The molecule has 32 heavy (non-hydrogen) atoms. The maximum Gasteiger partial charge on any atom is 0.230 e. The number of hydrogen-bond donors (Lipinski definition) is 0. The second kappa shape index (κ2) is 22.2. The molecule has 0 heterocycles. The highest BCUT2D eigenvalue weighted by Gasteiger charge is 2.31. The Morgan fingerprint density at radius 2 is 0.938 bits per heavy atom. The summed E-state index contributed by atoms with van der Waals surface area (Å²) in [6.45, 7) is 7.79. The molecule has 1 atom stereocenters. The van der Waals surface area contributed by atoms with E-state index in [4.69, 9.17) is 0 Å². The van der Waals surface area contributed by atoms with Crippen molar-refractivity contribution >= 4 is 10.0 Å². The molecule has 0 aliphatic heterocycles. The maximum absolute atomic E-state index is 13.3. The Kier molecular flexibility index (Phi) is 21.8. The van der Waals surface area contributed by atoms with Crippen molar-refractivity contribution in [2.45, 2.75) is 154 Å². The molecule has 0 aromatic carbocycles. The second-order valence-corrected chi connectivity index (χ2v) is 11.6. The zero-order chi connectivity index (χ0) is 23.9. The van der Waals surface area contributed by atoms with Gasteiger partial charge in [-0.3, -0.25) is 0 Å². The molecule has 4 nitrogen and oxygen atoms in total. The lowest BCUT2D eigenvalue weighted by molar-refractivity contribution is 0.379. The first kappa shape index (κ1) is 31.4. The largest absolute Gasteiger partial charge is 0.230 e. The number of nitrogens with zero attached hydrogens (tertiary/aromatic N) is 2. The van der Waals surface area contributed by atoms with E-state index >= 15 is 0 Å². The molecule has 0 aliphatic rings. The van der Waals surface area contributed by atoms with Crippen molar-refractivity contribution in [1.29, 1.82) is 5.26 Å². The SMILES string of the molecule is CCCCCCCCCN(CCCCCCCCC)S(=O)(=O)C(C#N)CCCCCCC. The number of sulfonamides is 1. The van der Waals surface area contributed by atoms with Gasteiger partial charge in [-0.15, -0.1) is 0 Å². The van der Waals surface area contributed by atoms with Crippen LogP contribution in [0.25, 0.3) is 0 Å². The summed E-state index contributed by atoms with van der Waals surface area (Å²) in [6.07, 6.45) is 22.3. The topological polar surface area (TPSA) is 61.2 Å². The molecule has 0 N–H and O–H groups in total. The lowest BCUT2D eigenvalue weighted by atomic mass is 10.1. The van der Waals surface area contributed by atoms with Crippen LogP contribution in [0.4, 0.5) is 0 Å². The summed E-state index contributed by atoms with van der Waals surface area (Å²) in [5.41, 5.74) is 0. The van der Waals surface area contributed by atoms with Crippen molar-refractivity contribution in [2.24, 2.45) is 0 Å². The standard InChI is InChI=1S/C27H54N2O2S/c1-4-7-10-13-15-18-21-24-29(25-22-19-16-14-11-8-5-2)32(30,31)27(26-28)23-20-17-12-9-6-3/h27H,4-25H2,1-3H3. The van der Waals surface area contributed by atoms with E-state index in [2.05, 4.69) is 26.8 Å². The Labute approximate surface area is 201 Å². The van der Waals surface area contributed by atoms with Gasteiger partial charge >= 0.3 is 0 Å². The average Bonchev–Trinajstić information content (AvgIpc) is 2.78. The van der Waals surface area contributed by atoms with Gasteiger partial charge in [-0.2, -0.15) is 5.26 Å². The summed E-state index contributed by atoms with van der Waals surface area (Å²) < 4.78 is 28.3. The molecule has 0 aromatic rings. The lowest BCUT2D eigenvalue weighted by Gasteiger charge is -2.25. The summed E-state index contributed by atoms with van der Waals surface area (Å²) >= 11 is 0. The van der Waals surface area contributed by atoms with Crippen LogP contribution in [-0.2, 0) is 10.0 Å². The monoisotopic (exact) mass is 470 g/mol.